The summed E-state index contributed by atoms with van der Waals surface area (Å²) in [4.78, 5) is 17.0. The van der Waals surface area contributed by atoms with Crippen molar-refractivity contribution in [3.63, 3.8) is 0 Å². The molecule has 0 aliphatic carbocycles. The maximum atomic E-state index is 12.5. The van der Waals surface area contributed by atoms with Crippen LogP contribution in [0.5, 0.6) is 5.75 Å². The molecule has 0 radical (unpaired) electrons. The number of carbonyl (C=O) groups excluding carboxylic acids is 1. The van der Waals surface area contributed by atoms with Gasteiger partial charge in [-0.2, -0.15) is 0 Å². The van der Waals surface area contributed by atoms with E-state index in [4.69, 9.17) is 13.9 Å². The Hall–Kier alpha value is -3.12. The molecule has 136 valence electrons. The molecular weight excluding hydrogens is 362 g/mol. The summed E-state index contributed by atoms with van der Waals surface area (Å²) < 4.78 is 16.3. The summed E-state index contributed by atoms with van der Waals surface area (Å²) in [5.74, 6) is 0.413. The van der Waals surface area contributed by atoms with Crippen molar-refractivity contribution in [3.05, 3.63) is 70.9 Å². The largest absolute Gasteiger partial charge is 0.497 e. The van der Waals surface area contributed by atoms with Crippen molar-refractivity contribution in [2.75, 3.05) is 7.11 Å². The molecule has 2 aromatic heterocycles. The minimum Gasteiger partial charge on any atom is -0.497 e. The van der Waals surface area contributed by atoms with Crippen LogP contribution in [0.3, 0.4) is 0 Å². The van der Waals surface area contributed by atoms with E-state index in [9.17, 15) is 4.79 Å². The molecule has 6 heteroatoms. The summed E-state index contributed by atoms with van der Waals surface area (Å²) in [6.07, 6.45) is 0. The highest BCUT2D eigenvalue weighted by molar-refractivity contribution is 7.13. The molecule has 0 unspecified atom stereocenters. The Labute approximate surface area is 160 Å². The summed E-state index contributed by atoms with van der Waals surface area (Å²) in [6.45, 7) is 1.93. The van der Waals surface area contributed by atoms with Crippen molar-refractivity contribution in [2.45, 2.75) is 13.5 Å². The first-order chi connectivity index (χ1) is 13.2. The Morgan fingerprint density at radius 2 is 2.00 bits per heavy atom. The molecular formula is C21H17NO4S. The molecule has 0 aliphatic rings. The molecule has 0 bridgehead atoms. The van der Waals surface area contributed by atoms with Crippen LogP contribution in [0.4, 0.5) is 0 Å². The van der Waals surface area contributed by atoms with Crippen LogP contribution in [-0.4, -0.2) is 18.1 Å². The number of esters is 1. The standard InChI is InChI=1S/C21H17NO4S/c1-13-17-10-16(24-2)8-9-18(17)26-19(13)21(23)25-11-15-12-27-20(22-15)14-6-4-3-5-7-14/h3-10,12H,11H2,1-2H3. The monoisotopic (exact) mass is 379 g/mol. The summed E-state index contributed by atoms with van der Waals surface area (Å²) in [6, 6.07) is 15.3. The average Bonchev–Trinajstić information content (AvgIpc) is 3.31. The number of hydrogen-bond acceptors (Lipinski definition) is 6. The van der Waals surface area contributed by atoms with Crippen LogP contribution in [0, 0.1) is 6.92 Å². The van der Waals surface area contributed by atoms with E-state index in [1.165, 1.54) is 11.3 Å². The van der Waals surface area contributed by atoms with E-state index in [0.717, 1.165) is 21.5 Å². The van der Waals surface area contributed by atoms with Gasteiger partial charge in [-0.25, -0.2) is 9.78 Å². The summed E-state index contributed by atoms with van der Waals surface area (Å²) >= 11 is 1.52. The number of furan rings is 1. The molecule has 0 saturated heterocycles. The summed E-state index contributed by atoms with van der Waals surface area (Å²) in [5, 5.41) is 3.63. The number of carbonyl (C=O) groups is 1. The number of aryl methyl sites for hydroxylation is 1. The number of nitrogens with zero attached hydrogens (tertiary/aromatic N) is 1. The predicted molar refractivity (Wildman–Crippen MR) is 104 cm³/mol. The third kappa shape index (κ3) is 3.44. The third-order valence-corrected chi connectivity index (χ3v) is 5.19. The SMILES string of the molecule is COc1ccc2oc(C(=O)OCc3csc(-c4ccccc4)n3)c(C)c2c1. The minimum absolute atomic E-state index is 0.0992. The second-order valence-electron chi connectivity index (χ2n) is 6.00. The van der Waals surface area contributed by atoms with Crippen LogP contribution < -0.4 is 4.74 Å². The number of hydrogen-bond donors (Lipinski definition) is 0. The molecule has 4 aromatic rings. The van der Waals surface area contributed by atoms with Gasteiger partial charge in [-0.3, -0.25) is 0 Å². The molecule has 5 nitrogen and oxygen atoms in total. The summed E-state index contributed by atoms with van der Waals surface area (Å²) in [5.41, 5.74) is 3.11. The van der Waals surface area contributed by atoms with Gasteiger partial charge in [0.1, 0.15) is 22.9 Å². The highest BCUT2D eigenvalue weighted by Crippen LogP contribution is 2.29. The number of ether oxygens (including phenoxy) is 2. The lowest BCUT2D eigenvalue weighted by atomic mass is 10.1. The van der Waals surface area contributed by atoms with E-state index < -0.39 is 5.97 Å². The first-order valence-electron chi connectivity index (χ1n) is 8.40. The van der Waals surface area contributed by atoms with Gasteiger partial charge in [-0.05, 0) is 25.1 Å². The van der Waals surface area contributed by atoms with Gasteiger partial charge in [0.05, 0.1) is 12.8 Å². The van der Waals surface area contributed by atoms with Crippen molar-refractivity contribution in [2.24, 2.45) is 0 Å². The van der Waals surface area contributed by atoms with Crippen molar-refractivity contribution in [1.29, 1.82) is 0 Å². The molecule has 0 atom stereocenters. The van der Waals surface area contributed by atoms with Crippen LogP contribution in [0.1, 0.15) is 21.8 Å². The zero-order chi connectivity index (χ0) is 18.8. The van der Waals surface area contributed by atoms with Gasteiger partial charge in [0, 0.05) is 21.9 Å². The second kappa shape index (κ2) is 7.25. The fourth-order valence-corrected chi connectivity index (χ4v) is 3.62. The smallest absolute Gasteiger partial charge is 0.374 e. The van der Waals surface area contributed by atoms with Gasteiger partial charge >= 0.3 is 5.97 Å². The van der Waals surface area contributed by atoms with Crippen LogP contribution in [0.2, 0.25) is 0 Å². The van der Waals surface area contributed by atoms with E-state index >= 15 is 0 Å². The van der Waals surface area contributed by atoms with Crippen molar-refractivity contribution >= 4 is 28.3 Å². The molecule has 0 spiro atoms. The lowest BCUT2D eigenvalue weighted by Crippen LogP contribution is -2.05. The number of aromatic nitrogens is 1. The zero-order valence-electron chi connectivity index (χ0n) is 14.9. The van der Waals surface area contributed by atoms with E-state index in [1.54, 1.807) is 19.2 Å². The van der Waals surface area contributed by atoms with Gasteiger partial charge in [0.15, 0.2) is 0 Å². The van der Waals surface area contributed by atoms with E-state index in [2.05, 4.69) is 4.98 Å². The number of benzene rings is 2. The second-order valence-corrected chi connectivity index (χ2v) is 6.86. The number of thiazole rings is 1. The lowest BCUT2D eigenvalue weighted by Gasteiger charge is -2.01. The minimum atomic E-state index is -0.503. The Morgan fingerprint density at radius 1 is 1.19 bits per heavy atom. The predicted octanol–water partition coefficient (Wildman–Crippen LogP) is 5.23. The number of methoxy groups -OCH3 is 1. The van der Waals surface area contributed by atoms with E-state index in [0.29, 0.717) is 17.0 Å². The lowest BCUT2D eigenvalue weighted by molar-refractivity contribution is 0.0433. The Kier molecular flexibility index (Phi) is 4.64. The number of rotatable bonds is 5. The van der Waals surface area contributed by atoms with Crippen LogP contribution in [0.25, 0.3) is 21.5 Å². The van der Waals surface area contributed by atoms with Gasteiger partial charge in [0.25, 0.3) is 0 Å². The topological polar surface area (TPSA) is 61.6 Å². The highest BCUT2D eigenvalue weighted by atomic mass is 32.1. The van der Waals surface area contributed by atoms with Crippen molar-refractivity contribution in [1.82, 2.24) is 4.98 Å². The Balaban J connectivity index is 1.49. The molecule has 0 amide bonds. The fourth-order valence-electron chi connectivity index (χ4n) is 2.81. The van der Waals surface area contributed by atoms with Gasteiger partial charge in [-0.15, -0.1) is 11.3 Å². The molecule has 27 heavy (non-hydrogen) atoms. The maximum absolute atomic E-state index is 12.5. The van der Waals surface area contributed by atoms with E-state index in [-0.39, 0.29) is 12.4 Å². The maximum Gasteiger partial charge on any atom is 0.374 e. The normalized spacial score (nSPS) is 10.9. The molecule has 0 saturated carbocycles. The van der Waals surface area contributed by atoms with Gasteiger partial charge in [0.2, 0.25) is 5.76 Å². The van der Waals surface area contributed by atoms with Crippen molar-refractivity contribution in [3.8, 4) is 16.3 Å². The zero-order valence-corrected chi connectivity index (χ0v) is 15.7. The van der Waals surface area contributed by atoms with Crippen LogP contribution >= 0.6 is 11.3 Å². The third-order valence-electron chi connectivity index (χ3n) is 4.25. The Bertz CT molecular complexity index is 1100. The van der Waals surface area contributed by atoms with Crippen molar-refractivity contribution < 1.29 is 18.7 Å². The van der Waals surface area contributed by atoms with Crippen LogP contribution in [-0.2, 0) is 11.3 Å². The molecule has 2 aromatic carbocycles. The molecule has 0 aliphatic heterocycles. The van der Waals surface area contributed by atoms with E-state index in [1.807, 2.05) is 48.7 Å². The first-order valence-corrected chi connectivity index (χ1v) is 9.28. The molecule has 0 N–H and O–H groups in total. The first kappa shape index (κ1) is 17.3. The summed E-state index contributed by atoms with van der Waals surface area (Å²) in [7, 11) is 1.60. The Morgan fingerprint density at radius 3 is 2.78 bits per heavy atom. The molecule has 0 fully saturated rings. The van der Waals surface area contributed by atoms with Crippen LogP contribution in [0.15, 0.2) is 58.3 Å². The molecule has 4 rings (SSSR count). The average molecular weight is 379 g/mol. The highest BCUT2D eigenvalue weighted by Gasteiger charge is 2.20. The fraction of sp³-hybridized carbons (Fsp3) is 0.143. The van der Waals surface area contributed by atoms with Gasteiger partial charge < -0.3 is 13.9 Å². The number of fused-ring (bicyclic) bond motifs is 1. The molecule has 2 heterocycles. The van der Waals surface area contributed by atoms with Gasteiger partial charge in [-0.1, -0.05) is 30.3 Å². The quantitative estimate of drug-likeness (QED) is 0.444.